The molecule has 2 nitrogen and oxygen atoms in total. The summed E-state index contributed by atoms with van der Waals surface area (Å²) < 4.78 is 6.61. The van der Waals surface area contributed by atoms with Gasteiger partial charge >= 0.3 is 0 Å². The number of rotatable bonds is 6. The molecular formula is C15H18BrNOS. The van der Waals surface area contributed by atoms with Gasteiger partial charge in [-0.1, -0.05) is 25.1 Å². The molecule has 102 valence electrons. The number of benzene rings is 1. The molecule has 0 amide bonds. The van der Waals surface area contributed by atoms with Crippen LogP contribution in [0.1, 0.15) is 30.5 Å². The van der Waals surface area contributed by atoms with Gasteiger partial charge in [0.2, 0.25) is 0 Å². The molecule has 0 aliphatic heterocycles. The summed E-state index contributed by atoms with van der Waals surface area (Å²) in [4.78, 5) is 0. The van der Waals surface area contributed by atoms with Crippen LogP contribution in [-0.2, 0) is 6.54 Å². The first-order valence-corrected chi connectivity index (χ1v) is 8.01. The maximum atomic E-state index is 5.44. The molecule has 0 radical (unpaired) electrons. The highest BCUT2D eigenvalue weighted by molar-refractivity contribution is 9.11. The standard InChI is InChI=1S/C15H18BrNOS/c1-3-13(12-6-4-5-7-14(12)18-2)17-9-11-8-15(16)19-10-11/h4-8,10,13,17H,3,9H2,1-2H3. The molecule has 1 unspecified atom stereocenters. The molecule has 1 atom stereocenters. The number of methoxy groups -OCH3 is 1. The number of para-hydroxylation sites is 1. The molecule has 0 spiro atoms. The van der Waals surface area contributed by atoms with Gasteiger partial charge in [0.05, 0.1) is 10.9 Å². The summed E-state index contributed by atoms with van der Waals surface area (Å²) in [5, 5.41) is 5.77. The van der Waals surface area contributed by atoms with E-state index in [-0.39, 0.29) is 0 Å². The molecular weight excluding hydrogens is 322 g/mol. The molecule has 1 aromatic carbocycles. The minimum absolute atomic E-state index is 0.315. The molecule has 0 saturated heterocycles. The zero-order valence-electron chi connectivity index (χ0n) is 11.2. The monoisotopic (exact) mass is 339 g/mol. The Kier molecular flexibility index (Phi) is 5.43. The zero-order chi connectivity index (χ0) is 13.7. The molecule has 0 fully saturated rings. The Morgan fingerprint density at radius 2 is 2.16 bits per heavy atom. The zero-order valence-corrected chi connectivity index (χ0v) is 13.6. The summed E-state index contributed by atoms with van der Waals surface area (Å²) in [5.74, 6) is 0.952. The van der Waals surface area contributed by atoms with Gasteiger partial charge in [-0.25, -0.2) is 0 Å². The van der Waals surface area contributed by atoms with Crippen molar-refractivity contribution in [1.82, 2.24) is 5.32 Å². The van der Waals surface area contributed by atoms with Gasteiger partial charge in [0.15, 0.2) is 0 Å². The quantitative estimate of drug-likeness (QED) is 0.819. The van der Waals surface area contributed by atoms with Crippen molar-refractivity contribution in [2.45, 2.75) is 25.9 Å². The lowest BCUT2D eigenvalue weighted by atomic mass is 10.0. The van der Waals surface area contributed by atoms with E-state index in [9.17, 15) is 0 Å². The Morgan fingerprint density at radius 1 is 1.37 bits per heavy atom. The summed E-state index contributed by atoms with van der Waals surface area (Å²) >= 11 is 5.21. The highest BCUT2D eigenvalue weighted by Crippen LogP contribution is 2.27. The first-order valence-electron chi connectivity index (χ1n) is 6.33. The number of hydrogen-bond acceptors (Lipinski definition) is 3. The van der Waals surface area contributed by atoms with Crippen LogP contribution in [0.5, 0.6) is 5.75 Å². The maximum Gasteiger partial charge on any atom is 0.123 e. The summed E-state index contributed by atoms with van der Waals surface area (Å²) in [6.07, 6.45) is 1.03. The Morgan fingerprint density at radius 3 is 2.79 bits per heavy atom. The number of halogens is 1. The van der Waals surface area contributed by atoms with Gasteiger partial charge < -0.3 is 10.1 Å². The summed E-state index contributed by atoms with van der Waals surface area (Å²) in [6, 6.07) is 10.7. The van der Waals surface area contributed by atoms with Crippen LogP contribution in [0.4, 0.5) is 0 Å². The predicted molar refractivity (Wildman–Crippen MR) is 84.9 cm³/mol. The van der Waals surface area contributed by atoms with Crippen LogP contribution in [0.15, 0.2) is 39.5 Å². The number of nitrogens with one attached hydrogen (secondary N) is 1. The smallest absolute Gasteiger partial charge is 0.123 e. The third-order valence-corrected chi connectivity index (χ3v) is 4.65. The molecule has 19 heavy (non-hydrogen) atoms. The molecule has 2 rings (SSSR count). The van der Waals surface area contributed by atoms with Crippen molar-refractivity contribution < 1.29 is 4.74 Å². The highest BCUT2D eigenvalue weighted by atomic mass is 79.9. The fraction of sp³-hybridized carbons (Fsp3) is 0.333. The van der Waals surface area contributed by atoms with Crippen LogP contribution in [0.2, 0.25) is 0 Å². The van der Waals surface area contributed by atoms with Gasteiger partial charge in [0, 0.05) is 18.2 Å². The van der Waals surface area contributed by atoms with Crippen molar-refractivity contribution in [3.05, 3.63) is 50.6 Å². The molecule has 1 N–H and O–H groups in total. The van der Waals surface area contributed by atoms with E-state index in [0.29, 0.717) is 6.04 Å². The van der Waals surface area contributed by atoms with E-state index in [1.165, 1.54) is 14.9 Å². The highest BCUT2D eigenvalue weighted by Gasteiger charge is 2.13. The van der Waals surface area contributed by atoms with Gasteiger partial charge in [-0.2, -0.15) is 0 Å². The summed E-state index contributed by atoms with van der Waals surface area (Å²) in [6.45, 7) is 3.06. The number of hydrogen-bond donors (Lipinski definition) is 1. The van der Waals surface area contributed by atoms with E-state index < -0.39 is 0 Å². The third kappa shape index (κ3) is 3.81. The van der Waals surface area contributed by atoms with Gasteiger partial charge in [-0.05, 0) is 45.4 Å². The fourth-order valence-corrected chi connectivity index (χ4v) is 3.32. The molecule has 0 aliphatic carbocycles. The third-order valence-electron chi connectivity index (χ3n) is 3.10. The lowest BCUT2D eigenvalue weighted by Crippen LogP contribution is -2.20. The van der Waals surface area contributed by atoms with Crippen LogP contribution in [0, 0.1) is 0 Å². The second-order valence-corrected chi connectivity index (χ2v) is 6.63. The summed E-state index contributed by atoms with van der Waals surface area (Å²) in [7, 11) is 1.72. The Balaban J connectivity index is 2.07. The number of ether oxygens (including phenoxy) is 1. The van der Waals surface area contributed by atoms with Crippen molar-refractivity contribution in [1.29, 1.82) is 0 Å². The van der Waals surface area contributed by atoms with Crippen LogP contribution in [0.3, 0.4) is 0 Å². The molecule has 0 aliphatic rings. The molecule has 1 aromatic heterocycles. The van der Waals surface area contributed by atoms with Crippen LogP contribution in [-0.4, -0.2) is 7.11 Å². The van der Waals surface area contributed by atoms with Crippen molar-refractivity contribution in [3.63, 3.8) is 0 Å². The SMILES string of the molecule is CCC(NCc1csc(Br)c1)c1ccccc1OC. The largest absolute Gasteiger partial charge is 0.496 e. The summed E-state index contributed by atoms with van der Waals surface area (Å²) in [5.41, 5.74) is 2.53. The Labute approximate surface area is 126 Å². The van der Waals surface area contributed by atoms with Crippen molar-refractivity contribution in [3.8, 4) is 5.75 Å². The van der Waals surface area contributed by atoms with E-state index >= 15 is 0 Å². The minimum atomic E-state index is 0.315. The molecule has 1 heterocycles. The topological polar surface area (TPSA) is 21.3 Å². The van der Waals surface area contributed by atoms with Gasteiger partial charge in [0.25, 0.3) is 0 Å². The van der Waals surface area contributed by atoms with Crippen LogP contribution >= 0.6 is 27.3 Å². The molecule has 2 aromatic rings. The molecule has 0 bridgehead atoms. The van der Waals surface area contributed by atoms with E-state index in [0.717, 1.165) is 18.7 Å². The van der Waals surface area contributed by atoms with E-state index in [1.807, 2.05) is 12.1 Å². The average molecular weight is 340 g/mol. The van der Waals surface area contributed by atoms with E-state index in [2.05, 4.69) is 51.7 Å². The van der Waals surface area contributed by atoms with E-state index in [4.69, 9.17) is 4.74 Å². The second kappa shape index (κ2) is 7.08. The lowest BCUT2D eigenvalue weighted by molar-refractivity contribution is 0.396. The maximum absolute atomic E-state index is 5.44. The van der Waals surface area contributed by atoms with Crippen molar-refractivity contribution in [2.75, 3.05) is 7.11 Å². The van der Waals surface area contributed by atoms with E-state index in [1.54, 1.807) is 18.4 Å². The second-order valence-electron chi connectivity index (χ2n) is 4.34. The van der Waals surface area contributed by atoms with Crippen LogP contribution < -0.4 is 10.1 Å². The first kappa shape index (κ1) is 14.6. The fourth-order valence-electron chi connectivity index (χ4n) is 2.11. The van der Waals surface area contributed by atoms with Crippen molar-refractivity contribution >= 4 is 27.3 Å². The lowest BCUT2D eigenvalue weighted by Gasteiger charge is -2.19. The number of thiophene rings is 1. The minimum Gasteiger partial charge on any atom is -0.496 e. The van der Waals surface area contributed by atoms with Gasteiger partial charge in [0.1, 0.15) is 5.75 Å². The Hall–Kier alpha value is -0.840. The normalized spacial score (nSPS) is 12.4. The van der Waals surface area contributed by atoms with Gasteiger partial charge in [-0.15, -0.1) is 11.3 Å². The molecule has 4 heteroatoms. The first-order chi connectivity index (χ1) is 9.24. The average Bonchev–Trinajstić information content (AvgIpc) is 2.86. The predicted octanol–water partition coefficient (Wildman–Crippen LogP) is 4.76. The Bertz CT molecular complexity index is 526. The molecule has 0 saturated carbocycles. The van der Waals surface area contributed by atoms with Gasteiger partial charge in [-0.3, -0.25) is 0 Å². The van der Waals surface area contributed by atoms with Crippen molar-refractivity contribution in [2.24, 2.45) is 0 Å². The van der Waals surface area contributed by atoms with Crippen LogP contribution in [0.25, 0.3) is 0 Å².